The van der Waals surface area contributed by atoms with Crippen LogP contribution in [0.1, 0.15) is 43.4 Å². The Kier molecular flexibility index (Phi) is 5.05. The molecule has 150 valence electrons. The molecule has 2 fully saturated rings. The summed E-state index contributed by atoms with van der Waals surface area (Å²) in [6, 6.07) is 6.99. The number of benzene rings is 1. The van der Waals surface area contributed by atoms with Crippen molar-refractivity contribution in [2.75, 3.05) is 0 Å². The van der Waals surface area contributed by atoms with E-state index in [1.165, 1.54) is 22.9 Å². The van der Waals surface area contributed by atoms with Gasteiger partial charge in [-0.2, -0.15) is 5.10 Å². The van der Waals surface area contributed by atoms with Gasteiger partial charge in [-0.3, -0.25) is 9.69 Å². The lowest BCUT2D eigenvalue weighted by Gasteiger charge is -2.52. The summed E-state index contributed by atoms with van der Waals surface area (Å²) in [6.07, 6.45) is 3.95. The molecule has 28 heavy (non-hydrogen) atoms. The zero-order valence-electron chi connectivity index (χ0n) is 15.9. The van der Waals surface area contributed by atoms with Crippen molar-refractivity contribution in [3.8, 4) is 0 Å². The maximum atomic E-state index is 13.6. The topological polar surface area (TPSA) is 58.4 Å². The maximum absolute atomic E-state index is 13.6. The third-order valence-electron chi connectivity index (χ3n) is 5.98. The maximum Gasteiger partial charge on any atom is 0.266 e. The van der Waals surface area contributed by atoms with Crippen LogP contribution in [-0.2, 0) is 13.1 Å². The van der Waals surface area contributed by atoms with Gasteiger partial charge in [-0.15, -0.1) is 0 Å². The second kappa shape index (κ2) is 7.37. The molecule has 2 aliphatic heterocycles. The molecule has 2 saturated heterocycles. The summed E-state index contributed by atoms with van der Waals surface area (Å²) in [5.41, 5.74) is 0.108. The molecule has 2 aliphatic rings. The Morgan fingerprint density at radius 1 is 1.14 bits per heavy atom. The van der Waals surface area contributed by atoms with Gasteiger partial charge in [0.1, 0.15) is 11.6 Å². The first-order valence-electron chi connectivity index (χ1n) is 9.79. The number of piperidine rings is 2. The van der Waals surface area contributed by atoms with Crippen LogP contribution in [-0.4, -0.2) is 37.5 Å². The van der Waals surface area contributed by atoms with Crippen molar-refractivity contribution < 1.29 is 13.9 Å². The third kappa shape index (κ3) is 4.00. The van der Waals surface area contributed by atoms with E-state index in [1.54, 1.807) is 6.07 Å². The molecule has 2 bridgehead atoms. The molecule has 0 saturated carbocycles. The van der Waals surface area contributed by atoms with E-state index in [0.29, 0.717) is 24.9 Å². The van der Waals surface area contributed by atoms with Gasteiger partial charge in [0.05, 0.1) is 17.8 Å². The van der Waals surface area contributed by atoms with Gasteiger partial charge < -0.3 is 5.11 Å². The van der Waals surface area contributed by atoms with Crippen LogP contribution >= 0.6 is 0 Å². The smallest absolute Gasteiger partial charge is 0.266 e. The first-order valence-corrected chi connectivity index (χ1v) is 9.79. The SMILES string of the molecule is Cc1ccc(=O)n(CC2(O)CC3CCCC(C2)N3Cc2cc(F)cc(F)c2)n1. The molecule has 1 aromatic carbocycles. The van der Waals surface area contributed by atoms with Crippen LogP contribution in [0.2, 0.25) is 0 Å². The van der Waals surface area contributed by atoms with E-state index >= 15 is 0 Å². The Balaban J connectivity index is 1.54. The summed E-state index contributed by atoms with van der Waals surface area (Å²) < 4.78 is 28.5. The fourth-order valence-electron chi connectivity index (χ4n) is 4.86. The van der Waals surface area contributed by atoms with Crippen LogP contribution < -0.4 is 5.56 Å². The highest BCUT2D eigenvalue weighted by molar-refractivity contribution is 5.18. The highest BCUT2D eigenvalue weighted by atomic mass is 19.1. The van der Waals surface area contributed by atoms with Crippen molar-refractivity contribution in [3.63, 3.8) is 0 Å². The van der Waals surface area contributed by atoms with Crippen LogP contribution in [0.5, 0.6) is 0 Å². The Morgan fingerprint density at radius 3 is 2.43 bits per heavy atom. The van der Waals surface area contributed by atoms with Gasteiger partial charge in [0, 0.05) is 30.8 Å². The molecule has 2 aromatic rings. The number of fused-ring (bicyclic) bond motifs is 2. The van der Waals surface area contributed by atoms with Crippen LogP contribution in [0.4, 0.5) is 8.78 Å². The molecule has 2 unspecified atom stereocenters. The van der Waals surface area contributed by atoms with Gasteiger partial charge in [-0.25, -0.2) is 13.5 Å². The number of hydrogen-bond acceptors (Lipinski definition) is 4. The van der Waals surface area contributed by atoms with E-state index in [0.717, 1.165) is 31.0 Å². The van der Waals surface area contributed by atoms with Gasteiger partial charge in [0.25, 0.3) is 5.56 Å². The number of aliphatic hydroxyl groups is 1. The molecule has 3 heterocycles. The molecular formula is C21H25F2N3O2. The molecule has 5 nitrogen and oxygen atoms in total. The fraction of sp³-hybridized carbons (Fsp3) is 0.524. The van der Waals surface area contributed by atoms with E-state index < -0.39 is 17.2 Å². The van der Waals surface area contributed by atoms with E-state index in [2.05, 4.69) is 10.00 Å². The lowest BCUT2D eigenvalue weighted by molar-refractivity contribution is -0.105. The molecule has 4 rings (SSSR count). The minimum absolute atomic E-state index is 0.115. The second-order valence-corrected chi connectivity index (χ2v) is 8.29. The largest absolute Gasteiger partial charge is 0.388 e. The summed E-state index contributed by atoms with van der Waals surface area (Å²) in [4.78, 5) is 14.4. The summed E-state index contributed by atoms with van der Waals surface area (Å²) in [7, 11) is 0. The Labute approximate surface area is 162 Å². The molecule has 0 aliphatic carbocycles. The van der Waals surface area contributed by atoms with Crippen molar-refractivity contribution >= 4 is 0 Å². The predicted molar refractivity (Wildman–Crippen MR) is 101 cm³/mol. The van der Waals surface area contributed by atoms with Crippen LogP contribution in [0, 0.1) is 18.6 Å². The Hall–Kier alpha value is -2.12. The summed E-state index contributed by atoms with van der Waals surface area (Å²) in [5, 5.41) is 15.5. The van der Waals surface area contributed by atoms with Crippen molar-refractivity contribution in [1.29, 1.82) is 0 Å². The number of nitrogens with zero attached hydrogens (tertiary/aromatic N) is 3. The third-order valence-corrected chi connectivity index (χ3v) is 5.98. The molecule has 0 spiro atoms. The number of aromatic nitrogens is 2. The van der Waals surface area contributed by atoms with Crippen LogP contribution in [0.15, 0.2) is 35.1 Å². The van der Waals surface area contributed by atoms with E-state index in [-0.39, 0.29) is 24.2 Å². The zero-order chi connectivity index (χ0) is 19.9. The van der Waals surface area contributed by atoms with Gasteiger partial charge >= 0.3 is 0 Å². The quantitative estimate of drug-likeness (QED) is 0.874. The van der Waals surface area contributed by atoms with Gasteiger partial charge in [0.15, 0.2) is 0 Å². The number of hydrogen-bond donors (Lipinski definition) is 1. The Morgan fingerprint density at radius 2 is 1.79 bits per heavy atom. The number of aryl methyl sites for hydroxylation is 1. The molecule has 1 N–H and O–H groups in total. The Bertz CT molecular complexity index is 896. The van der Waals surface area contributed by atoms with Gasteiger partial charge in [0.2, 0.25) is 0 Å². The first-order chi connectivity index (χ1) is 13.3. The zero-order valence-corrected chi connectivity index (χ0v) is 15.9. The molecule has 0 amide bonds. The fourth-order valence-corrected chi connectivity index (χ4v) is 4.86. The van der Waals surface area contributed by atoms with Crippen LogP contribution in [0.3, 0.4) is 0 Å². The molecular weight excluding hydrogens is 364 g/mol. The predicted octanol–water partition coefficient (Wildman–Crippen LogP) is 2.78. The monoisotopic (exact) mass is 389 g/mol. The summed E-state index contributed by atoms with van der Waals surface area (Å²) in [5.74, 6) is -1.14. The summed E-state index contributed by atoms with van der Waals surface area (Å²) >= 11 is 0. The standard InChI is InChI=1S/C21H25F2N3O2/c1-14-5-6-20(27)26(24-14)13-21(28)10-18-3-2-4-19(11-21)25(18)12-15-7-16(22)9-17(23)8-15/h5-9,18-19,28H,2-4,10-13H2,1H3. The van der Waals surface area contributed by atoms with Crippen molar-refractivity contribution in [1.82, 2.24) is 14.7 Å². The summed E-state index contributed by atoms with van der Waals surface area (Å²) in [6.45, 7) is 2.45. The average molecular weight is 389 g/mol. The average Bonchev–Trinajstić information content (AvgIpc) is 2.58. The molecule has 1 aromatic heterocycles. The first kappa shape index (κ1) is 19.2. The minimum Gasteiger partial charge on any atom is -0.388 e. The van der Waals surface area contributed by atoms with Crippen LogP contribution in [0.25, 0.3) is 0 Å². The highest BCUT2D eigenvalue weighted by Gasteiger charge is 2.45. The lowest BCUT2D eigenvalue weighted by Crippen LogP contribution is -2.59. The van der Waals surface area contributed by atoms with Crippen molar-refractivity contribution in [2.45, 2.75) is 69.8 Å². The van der Waals surface area contributed by atoms with Crippen molar-refractivity contribution in [2.24, 2.45) is 0 Å². The normalized spacial score (nSPS) is 27.7. The highest BCUT2D eigenvalue weighted by Crippen LogP contribution is 2.40. The molecule has 0 radical (unpaired) electrons. The van der Waals surface area contributed by atoms with Gasteiger partial charge in [-0.1, -0.05) is 6.42 Å². The number of rotatable bonds is 4. The van der Waals surface area contributed by atoms with Crippen molar-refractivity contribution in [3.05, 3.63) is 63.6 Å². The van der Waals surface area contributed by atoms with E-state index in [1.807, 2.05) is 6.92 Å². The lowest BCUT2D eigenvalue weighted by atomic mass is 9.75. The minimum atomic E-state index is -1.01. The van der Waals surface area contributed by atoms with E-state index in [9.17, 15) is 18.7 Å². The number of halogens is 2. The second-order valence-electron chi connectivity index (χ2n) is 8.29. The van der Waals surface area contributed by atoms with E-state index in [4.69, 9.17) is 0 Å². The van der Waals surface area contributed by atoms with Gasteiger partial charge in [-0.05, 0) is 56.4 Å². The molecule has 2 atom stereocenters. The molecule has 7 heteroatoms.